The SMILES string of the molecule is Cc1onc(C#Cc2ccc3cc(C4(C(=O)O)CCOCC4)ccc3c2)c1NC(=O)OC(C)c1ccccc1. The number of hydrogen-bond acceptors (Lipinski definition) is 6. The van der Waals surface area contributed by atoms with Crippen molar-refractivity contribution in [1.82, 2.24) is 5.16 Å². The van der Waals surface area contributed by atoms with E-state index in [9.17, 15) is 14.7 Å². The number of nitrogens with zero attached hydrogens (tertiary/aromatic N) is 1. The first-order valence-corrected chi connectivity index (χ1v) is 12.7. The molecule has 1 saturated heterocycles. The van der Waals surface area contributed by atoms with Crippen LogP contribution in [0.1, 0.15) is 54.0 Å². The average molecular weight is 525 g/mol. The molecule has 0 aliphatic carbocycles. The first-order valence-electron chi connectivity index (χ1n) is 12.7. The third kappa shape index (κ3) is 5.49. The van der Waals surface area contributed by atoms with E-state index in [0.717, 1.165) is 27.5 Å². The first kappa shape index (κ1) is 26.0. The van der Waals surface area contributed by atoms with Crippen molar-refractivity contribution >= 4 is 28.5 Å². The molecule has 1 amide bonds. The van der Waals surface area contributed by atoms with Crippen LogP contribution in [0, 0.1) is 18.8 Å². The van der Waals surface area contributed by atoms with Crippen molar-refractivity contribution in [2.75, 3.05) is 18.5 Å². The van der Waals surface area contributed by atoms with Gasteiger partial charge in [0.15, 0.2) is 11.5 Å². The lowest BCUT2D eigenvalue weighted by molar-refractivity contribution is -0.147. The van der Waals surface area contributed by atoms with E-state index in [2.05, 4.69) is 22.3 Å². The second kappa shape index (κ2) is 11.0. The van der Waals surface area contributed by atoms with Crippen LogP contribution in [0.25, 0.3) is 10.8 Å². The molecule has 2 N–H and O–H groups in total. The van der Waals surface area contributed by atoms with E-state index in [-0.39, 0.29) is 5.69 Å². The average Bonchev–Trinajstić information content (AvgIpc) is 3.30. The Kier molecular flexibility index (Phi) is 7.35. The normalized spacial score (nSPS) is 15.1. The van der Waals surface area contributed by atoms with Gasteiger partial charge in [-0.05, 0) is 66.6 Å². The van der Waals surface area contributed by atoms with Crippen LogP contribution in [0.2, 0.25) is 0 Å². The molecule has 8 heteroatoms. The molecular weight excluding hydrogens is 496 g/mol. The zero-order chi connectivity index (χ0) is 27.4. The van der Waals surface area contributed by atoms with Crippen molar-refractivity contribution in [3.05, 3.63) is 94.9 Å². The number of fused-ring (bicyclic) bond motifs is 1. The van der Waals surface area contributed by atoms with Crippen molar-refractivity contribution in [2.45, 2.75) is 38.2 Å². The number of aliphatic carboxylic acids is 1. The molecule has 2 heterocycles. The number of carboxylic acids is 1. The summed E-state index contributed by atoms with van der Waals surface area (Å²) in [4.78, 5) is 24.7. The van der Waals surface area contributed by atoms with E-state index >= 15 is 0 Å². The number of amides is 1. The fourth-order valence-electron chi connectivity index (χ4n) is 4.79. The van der Waals surface area contributed by atoms with E-state index in [0.29, 0.717) is 37.5 Å². The highest BCUT2D eigenvalue weighted by atomic mass is 16.6. The van der Waals surface area contributed by atoms with Gasteiger partial charge in [-0.3, -0.25) is 10.1 Å². The van der Waals surface area contributed by atoms with E-state index in [1.165, 1.54) is 0 Å². The molecule has 0 saturated carbocycles. The molecule has 0 spiro atoms. The summed E-state index contributed by atoms with van der Waals surface area (Å²) in [6.07, 6.45) is -0.172. The summed E-state index contributed by atoms with van der Waals surface area (Å²) in [5.41, 5.74) is 2.11. The van der Waals surface area contributed by atoms with Gasteiger partial charge in [-0.1, -0.05) is 65.7 Å². The van der Waals surface area contributed by atoms with Crippen molar-refractivity contribution in [2.24, 2.45) is 0 Å². The lowest BCUT2D eigenvalue weighted by atomic mass is 9.74. The van der Waals surface area contributed by atoms with Crippen LogP contribution in [0.5, 0.6) is 0 Å². The van der Waals surface area contributed by atoms with Gasteiger partial charge in [0.2, 0.25) is 0 Å². The van der Waals surface area contributed by atoms with Crippen LogP contribution >= 0.6 is 0 Å². The van der Waals surface area contributed by atoms with Crippen LogP contribution in [0.15, 0.2) is 71.3 Å². The number of carbonyl (C=O) groups excluding carboxylic acids is 1. The van der Waals surface area contributed by atoms with E-state index < -0.39 is 23.6 Å². The van der Waals surface area contributed by atoms with Crippen molar-refractivity contribution in [1.29, 1.82) is 0 Å². The van der Waals surface area contributed by atoms with Gasteiger partial charge in [0.1, 0.15) is 11.8 Å². The topological polar surface area (TPSA) is 111 Å². The molecule has 8 nitrogen and oxygen atoms in total. The molecule has 1 aliphatic rings. The Morgan fingerprint density at radius 1 is 1.03 bits per heavy atom. The second-order valence-electron chi connectivity index (χ2n) is 9.57. The quantitative estimate of drug-likeness (QED) is 0.309. The van der Waals surface area contributed by atoms with E-state index in [4.69, 9.17) is 14.0 Å². The number of rotatable bonds is 5. The number of nitrogens with one attached hydrogen (secondary N) is 1. The Morgan fingerprint density at radius 3 is 2.49 bits per heavy atom. The van der Waals surface area contributed by atoms with Gasteiger partial charge in [0.05, 0.1) is 5.41 Å². The smallest absolute Gasteiger partial charge is 0.412 e. The molecule has 39 heavy (non-hydrogen) atoms. The number of carboxylic acid groups (broad SMARTS) is 1. The minimum absolute atomic E-state index is 0.287. The maximum atomic E-state index is 12.5. The Balaban J connectivity index is 1.33. The van der Waals surface area contributed by atoms with Crippen LogP contribution in [0.3, 0.4) is 0 Å². The van der Waals surface area contributed by atoms with Gasteiger partial charge in [-0.2, -0.15) is 0 Å². The number of aryl methyl sites for hydroxylation is 1. The Morgan fingerprint density at radius 2 is 1.74 bits per heavy atom. The maximum Gasteiger partial charge on any atom is 0.412 e. The lowest BCUT2D eigenvalue weighted by Crippen LogP contribution is -2.41. The molecule has 1 aliphatic heterocycles. The molecule has 1 aromatic heterocycles. The Labute approximate surface area is 225 Å². The highest BCUT2D eigenvalue weighted by Gasteiger charge is 2.41. The predicted octanol–water partition coefficient (Wildman–Crippen LogP) is 5.98. The molecule has 1 atom stereocenters. The van der Waals surface area contributed by atoms with E-state index in [1.54, 1.807) is 13.8 Å². The largest absolute Gasteiger partial charge is 0.481 e. The van der Waals surface area contributed by atoms with Crippen molar-refractivity contribution < 1.29 is 28.7 Å². The molecule has 4 aromatic rings. The fourth-order valence-corrected chi connectivity index (χ4v) is 4.79. The Bertz CT molecular complexity index is 1580. The molecular formula is C31H28N2O6. The summed E-state index contributed by atoms with van der Waals surface area (Å²) in [5, 5.41) is 18.5. The minimum Gasteiger partial charge on any atom is -0.481 e. The first-order chi connectivity index (χ1) is 18.9. The zero-order valence-electron chi connectivity index (χ0n) is 21.7. The summed E-state index contributed by atoms with van der Waals surface area (Å²) >= 11 is 0. The van der Waals surface area contributed by atoms with Crippen molar-refractivity contribution in [3.8, 4) is 11.8 Å². The highest BCUT2D eigenvalue weighted by Crippen LogP contribution is 2.36. The summed E-state index contributed by atoms with van der Waals surface area (Å²) in [6.45, 7) is 4.34. The van der Waals surface area contributed by atoms with Gasteiger partial charge >= 0.3 is 12.1 Å². The summed E-state index contributed by atoms with van der Waals surface area (Å²) in [5.74, 6) is 5.64. The van der Waals surface area contributed by atoms with E-state index in [1.807, 2.05) is 66.7 Å². The second-order valence-corrected chi connectivity index (χ2v) is 9.57. The molecule has 5 rings (SSSR count). The Hall–Kier alpha value is -4.61. The van der Waals surface area contributed by atoms with Crippen LogP contribution < -0.4 is 5.32 Å². The third-order valence-corrected chi connectivity index (χ3v) is 7.12. The highest BCUT2D eigenvalue weighted by molar-refractivity contribution is 5.89. The molecule has 0 bridgehead atoms. The number of anilines is 1. The number of ether oxygens (including phenoxy) is 2. The summed E-state index contributed by atoms with van der Waals surface area (Å²) in [7, 11) is 0. The summed E-state index contributed by atoms with van der Waals surface area (Å²) in [6, 6.07) is 20.9. The lowest BCUT2D eigenvalue weighted by Gasteiger charge is -2.33. The van der Waals surface area contributed by atoms with Gasteiger partial charge in [-0.15, -0.1) is 0 Å². The van der Waals surface area contributed by atoms with Gasteiger partial charge < -0.3 is 19.1 Å². The van der Waals surface area contributed by atoms with Gasteiger partial charge in [0, 0.05) is 18.8 Å². The number of aromatic nitrogens is 1. The molecule has 0 radical (unpaired) electrons. The predicted molar refractivity (Wildman–Crippen MR) is 145 cm³/mol. The third-order valence-electron chi connectivity index (χ3n) is 7.12. The number of benzene rings is 3. The van der Waals surface area contributed by atoms with Crippen LogP contribution in [0.4, 0.5) is 10.5 Å². The zero-order valence-corrected chi connectivity index (χ0v) is 21.7. The van der Waals surface area contributed by atoms with Gasteiger partial charge in [-0.25, -0.2) is 4.79 Å². The minimum atomic E-state index is -0.931. The van der Waals surface area contributed by atoms with Crippen LogP contribution in [-0.4, -0.2) is 35.5 Å². The van der Waals surface area contributed by atoms with Crippen LogP contribution in [-0.2, 0) is 19.7 Å². The monoisotopic (exact) mass is 524 g/mol. The molecule has 1 fully saturated rings. The maximum absolute atomic E-state index is 12.5. The molecule has 1 unspecified atom stereocenters. The standard InChI is InChI=1S/C31H28N2O6/c1-20(23-6-4-3-5-7-23)38-30(36)32-28-21(2)39-33-27(28)13-9-22-8-10-25-19-26(12-11-24(25)18-22)31(29(34)35)14-16-37-17-15-31/h3-8,10-12,18-20H,14-17H2,1-2H3,(H,32,36)(H,34,35). The number of hydrogen-bond donors (Lipinski definition) is 2. The van der Waals surface area contributed by atoms with Crippen molar-refractivity contribution in [3.63, 3.8) is 0 Å². The number of carbonyl (C=O) groups is 2. The molecule has 198 valence electrons. The summed E-state index contributed by atoms with van der Waals surface area (Å²) < 4.78 is 16.2. The van der Waals surface area contributed by atoms with Gasteiger partial charge in [0.25, 0.3) is 0 Å². The fraction of sp³-hybridized carbons (Fsp3) is 0.258. The molecule has 3 aromatic carbocycles.